The predicted molar refractivity (Wildman–Crippen MR) is 104 cm³/mol. The third-order valence-electron chi connectivity index (χ3n) is 4.95. The molecule has 0 saturated carbocycles. The zero-order valence-electron chi connectivity index (χ0n) is 15.7. The van der Waals surface area contributed by atoms with Crippen molar-refractivity contribution in [1.82, 2.24) is 14.9 Å². The number of carbonyl (C=O) groups is 1. The second-order valence-corrected chi connectivity index (χ2v) is 6.72. The van der Waals surface area contributed by atoms with E-state index in [1.165, 1.54) is 5.56 Å². The second kappa shape index (κ2) is 7.56. The van der Waals surface area contributed by atoms with E-state index in [1.54, 1.807) is 12.4 Å². The van der Waals surface area contributed by atoms with Crippen LogP contribution >= 0.6 is 0 Å². The summed E-state index contributed by atoms with van der Waals surface area (Å²) in [6.07, 6.45) is 3.48. The van der Waals surface area contributed by atoms with Gasteiger partial charge in [-0.05, 0) is 57.0 Å². The fraction of sp³-hybridized carbons (Fsp3) is 0.273. The first-order valence-corrected chi connectivity index (χ1v) is 8.93. The van der Waals surface area contributed by atoms with Crippen molar-refractivity contribution in [3.63, 3.8) is 0 Å². The lowest BCUT2D eigenvalue weighted by Crippen LogP contribution is -2.27. The Morgan fingerprint density at radius 1 is 1.00 bits per heavy atom. The largest absolute Gasteiger partial charge is 0.345 e. The molecular formula is C22H25N3O. The minimum Gasteiger partial charge on any atom is -0.345 e. The van der Waals surface area contributed by atoms with Crippen molar-refractivity contribution in [3.8, 4) is 0 Å². The Labute approximate surface area is 154 Å². The van der Waals surface area contributed by atoms with Crippen LogP contribution in [-0.2, 0) is 0 Å². The third kappa shape index (κ3) is 3.54. The van der Waals surface area contributed by atoms with E-state index >= 15 is 0 Å². The van der Waals surface area contributed by atoms with Crippen molar-refractivity contribution in [2.75, 3.05) is 0 Å². The Morgan fingerprint density at radius 2 is 1.65 bits per heavy atom. The van der Waals surface area contributed by atoms with Gasteiger partial charge in [0.15, 0.2) is 0 Å². The Hall–Kier alpha value is -2.88. The van der Waals surface area contributed by atoms with Crippen LogP contribution in [0.5, 0.6) is 0 Å². The van der Waals surface area contributed by atoms with Crippen molar-refractivity contribution in [2.24, 2.45) is 0 Å². The van der Waals surface area contributed by atoms with Crippen LogP contribution < -0.4 is 5.32 Å². The van der Waals surface area contributed by atoms with Gasteiger partial charge in [0, 0.05) is 23.8 Å². The number of rotatable bonds is 5. The zero-order chi connectivity index (χ0) is 18.7. The lowest BCUT2D eigenvalue weighted by Gasteiger charge is -2.19. The monoisotopic (exact) mass is 347 g/mol. The number of aromatic nitrogens is 2. The van der Waals surface area contributed by atoms with Crippen LogP contribution in [0.2, 0.25) is 0 Å². The van der Waals surface area contributed by atoms with Crippen molar-refractivity contribution in [3.05, 3.63) is 89.0 Å². The fourth-order valence-electron chi connectivity index (χ4n) is 3.49. The number of pyridine rings is 1. The number of hydrogen-bond acceptors (Lipinski definition) is 2. The highest BCUT2D eigenvalue weighted by Crippen LogP contribution is 2.26. The van der Waals surface area contributed by atoms with Gasteiger partial charge >= 0.3 is 0 Å². The average Bonchev–Trinajstić information content (AvgIpc) is 2.97. The predicted octanol–water partition coefficient (Wildman–Crippen LogP) is 4.60. The van der Waals surface area contributed by atoms with Crippen LogP contribution in [0.1, 0.15) is 58.8 Å². The van der Waals surface area contributed by atoms with E-state index < -0.39 is 0 Å². The van der Waals surface area contributed by atoms with Crippen molar-refractivity contribution in [1.29, 1.82) is 0 Å². The summed E-state index contributed by atoms with van der Waals surface area (Å²) < 4.78 is 2.22. The summed E-state index contributed by atoms with van der Waals surface area (Å²) >= 11 is 0. The maximum Gasteiger partial charge on any atom is 0.253 e. The first-order chi connectivity index (χ1) is 12.5. The molecule has 2 heterocycles. The normalized spacial score (nSPS) is 13.2. The Bertz CT molecular complexity index is 885. The van der Waals surface area contributed by atoms with Gasteiger partial charge in [-0.3, -0.25) is 9.78 Å². The number of hydrogen-bond donors (Lipinski definition) is 1. The van der Waals surface area contributed by atoms with Crippen LogP contribution in [0.15, 0.2) is 60.9 Å². The minimum atomic E-state index is -0.0693. The highest BCUT2D eigenvalue weighted by molar-refractivity contribution is 5.96. The standard InChI is InChI=1S/C22H25N3O/c1-15-14-21(22(26)24-16(2)19-10-12-23-13-11-19)18(4)25(15)17(3)20-8-6-5-7-9-20/h5-14,16-17H,1-4H3,(H,24,26). The van der Waals surface area contributed by atoms with Crippen molar-refractivity contribution in [2.45, 2.75) is 39.8 Å². The Kier molecular flexibility index (Phi) is 5.21. The van der Waals surface area contributed by atoms with Gasteiger partial charge in [-0.2, -0.15) is 0 Å². The number of nitrogens with one attached hydrogen (secondary N) is 1. The van der Waals surface area contributed by atoms with Crippen LogP contribution in [0.3, 0.4) is 0 Å². The summed E-state index contributed by atoms with van der Waals surface area (Å²) in [5.41, 5.74) is 5.07. The molecule has 26 heavy (non-hydrogen) atoms. The molecule has 0 saturated heterocycles. The highest BCUT2D eigenvalue weighted by Gasteiger charge is 2.20. The summed E-state index contributed by atoms with van der Waals surface area (Å²) in [7, 11) is 0. The van der Waals surface area contributed by atoms with Gasteiger partial charge in [0.25, 0.3) is 5.91 Å². The molecule has 2 unspecified atom stereocenters. The lowest BCUT2D eigenvalue weighted by molar-refractivity contribution is 0.0939. The topological polar surface area (TPSA) is 46.9 Å². The van der Waals surface area contributed by atoms with E-state index in [2.05, 4.69) is 40.8 Å². The number of amides is 1. The third-order valence-corrected chi connectivity index (χ3v) is 4.95. The van der Waals surface area contributed by atoms with E-state index in [1.807, 2.05) is 50.2 Å². The van der Waals surface area contributed by atoms with Crippen LogP contribution in [-0.4, -0.2) is 15.5 Å². The molecule has 0 spiro atoms. The molecule has 0 aliphatic heterocycles. The smallest absolute Gasteiger partial charge is 0.253 e. The molecule has 2 atom stereocenters. The van der Waals surface area contributed by atoms with E-state index in [4.69, 9.17) is 0 Å². The number of aryl methyl sites for hydroxylation is 1. The molecule has 3 aromatic rings. The summed E-state index contributed by atoms with van der Waals surface area (Å²) in [6.45, 7) is 8.21. The van der Waals surface area contributed by atoms with Gasteiger partial charge in [0.2, 0.25) is 0 Å². The van der Waals surface area contributed by atoms with Crippen molar-refractivity contribution < 1.29 is 4.79 Å². The van der Waals surface area contributed by atoms with Gasteiger partial charge in [0.1, 0.15) is 0 Å². The Morgan fingerprint density at radius 3 is 2.31 bits per heavy atom. The van der Waals surface area contributed by atoms with E-state index in [0.717, 1.165) is 22.5 Å². The maximum atomic E-state index is 12.8. The van der Waals surface area contributed by atoms with Crippen LogP contribution in [0, 0.1) is 13.8 Å². The fourth-order valence-corrected chi connectivity index (χ4v) is 3.49. The SMILES string of the molecule is Cc1cc(C(=O)NC(C)c2ccncc2)c(C)n1C(C)c1ccccc1. The number of carbonyl (C=O) groups excluding carboxylic acids is 1. The maximum absolute atomic E-state index is 12.8. The zero-order valence-corrected chi connectivity index (χ0v) is 15.7. The lowest BCUT2D eigenvalue weighted by atomic mass is 10.1. The second-order valence-electron chi connectivity index (χ2n) is 6.72. The molecule has 0 radical (unpaired) electrons. The number of benzene rings is 1. The molecule has 1 amide bonds. The summed E-state index contributed by atoms with van der Waals surface area (Å²) in [5, 5.41) is 3.09. The molecule has 0 aliphatic carbocycles. The summed E-state index contributed by atoms with van der Waals surface area (Å²) in [5.74, 6) is -0.0473. The quantitative estimate of drug-likeness (QED) is 0.733. The molecule has 4 nitrogen and oxygen atoms in total. The molecule has 4 heteroatoms. The van der Waals surface area contributed by atoms with Gasteiger partial charge in [0.05, 0.1) is 17.6 Å². The first-order valence-electron chi connectivity index (χ1n) is 8.93. The van der Waals surface area contributed by atoms with Crippen LogP contribution in [0.25, 0.3) is 0 Å². The summed E-state index contributed by atoms with van der Waals surface area (Å²) in [6, 6.07) is 16.3. The molecule has 0 aliphatic rings. The van der Waals surface area contributed by atoms with E-state index in [9.17, 15) is 4.79 Å². The molecule has 0 fully saturated rings. The molecule has 3 rings (SSSR count). The molecule has 0 bridgehead atoms. The van der Waals surface area contributed by atoms with Gasteiger partial charge in [-0.25, -0.2) is 0 Å². The van der Waals surface area contributed by atoms with Gasteiger partial charge in [-0.1, -0.05) is 30.3 Å². The van der Waals surface area contributed by atoms with Crippen LogP contribution in [0.4, 0.5) is 0 Å². The molecule has 2 aromatic heterocycles. The van der Waals surface area contributed by atoms with Gasteiger partial charge < -0.3 is 9.88 Å². The number of nitrogens with zero attached hydrogens (tertiary/aromatic N) is 2. The van der Waals surface area contributed by atoms with E-state index in [-0.39, 0.29) is 18.0 Å². The first kappa shape index (κ1) is 17.9. The van der Waals surface area contributed by atoms with Crippen molar-refractivity contribution >= 4 is 5.91 Å². The average molecular weight is 347 g/mol. The Balaban J connectivity index is 1.84. The highest BCUT2D eigenvalue weighted by atomic mass is 16.1. The molecule has 1 aromatic carbocycles. The van der Waals surface area contributed by atoms with E-state index in [0.29, 0.717) is 0 Å². The minimum absolute atomic E-state index is 0.0473. The van der Waals surface area contributed by atoms with Gasteiger partial charge in [-0.15, -0.1) is 0 Å². The molecule has 1 N–H and O–H groups in total. The molecular weight excluding hydrogens is 322 g/mol. The summed E-state index contributed by atoms with van der Waals surface area (Å²) in [4.78, 5) is 16.9. The molecule has 134 valence electrons.